The highest BCUT2D eigenvalue weighted by Gasteiger charge is 2.33. The van der Waals surface area contributed by atoms with Gasteiger partial charge in [0.15, 0.2) is 0 Å². The van der Waals surface area contributed by atoms with Gasteiger partial charge in [0.2, 0.25) is 16.0 Å². The molecule has 43 heavy (non-hydrogen) atoms. The Labute approximate surface area is 253 Å². The van der Waals surface area contributed by atoms with Gasteiger partial charge < -0.3 is 19.4 Å². The number of sulfonamides is 1. The molecule has 0 bridgehead atoms. The van der Waals surface area contributed by atoms with Crippen molar-refractivity contribution in [3.8, 4) is 0 Å². The zero-order valence-corrected chi connectivity index (χ0v) is 26.0. The molecule has 0 spiro atoms. The van der Waals surface area contributed by atoms with Gasteiger partial charge >= 0.3 is 5.97 Å². The van der Waals surface area contributed by atoms with Crippen LogP contribution in [0.3, 0.4) is 0 Å². The van der Waals surface area contributed by atoms with E-state index in [9.17, 15) is 18.0 Å². The Kier molecular flexibility index (Phi) is 10.4. The number of rotatable bonds is 11. The Bertz CT molecular complexity index is 1460. The minimum absolute atomic E-state index is 0.0182. The number of benzene rings is 2. The number of ether oxygens (including phenoxy) is 1. The number of nitrogens with one attached hydrogen (secondary N) is 1. The lowest BCUT2D eigenvalue weighted by molar-refractivity contribution is -0.157. The molecule has 2 heterocycles. The summed E-state index contributed by atoms with van der Waals surface area (Å²) in [6, 6.07) is 15.7. The van der Waals surface area contributed by atoms with Crippen LogP contribution in [0.5, 0.6) is 0 Å². The number of piperazine rings is 1. The molecule has 2 aromatic carbocycles. The van der Waals surface area contributed by atoms with Crippen molar-refractivity contribution >= 4 is 33.5 Å². The van der Waals surface area contributed by atoms with E-state index in [1.807, 2.05) is 19.1 Å². The van der Waals surface area contributed by atoms with Crippen molar-refractivity contribution in [2.75, 3.05) is 49.1 Å². The highest BCUT2D eigenvalue weighted by molar-refractivity contribution is 7.89. The van der Waals surface area contributed by atoms with Crippen molar-refractivity contribution in [1.82, 2.24) is 19.6 Å². The predicted octanol–water partition coefficient (Wildman–Crippen LogP) is 3.34. The lowest BCUT2D eigenvalue weighted by atomic mass is 10.1. The fraction of sp³-hybridized carbons (Fsp3) is 0.419. The first-order chi connectivity index (χ1) is 20.5. The van der Waals surface area contributed by atoms with Crippen LogP contribution in [0, 0.1) is 0 Å². The highest BCUT2D eigenvalue weighted by Crippen LogP contribution is 2.20. The Hall–Kier alpha value is -4.03. The number of carbonyl (C=O) groups excluding carboxylic acids is 2. The number of nitrogens with zero attached hydrogens (tertiary/aromatic N) is 5. The van der Waals surface area contributed by atoms with E-state index in [2.05, 4.69) is 24.5 Å². The van der Waals surface area contributed by atoms with Crippen LogP contribution >= 0.6 is 0 Å². The third-order valence-corrected chi connectivity index (χ3v) is 8.31. The van der Waals surface area contributed by atoms with Crippen molar-refractivity contribution in [1.29, 1.82) is 0 Å². The molecule has 1 fully saturated rings. The number of amides is 1. The summed E-state index contributed by atoms with van der Waals surface area (Å²) in [6.07, 6.45) is 4.09. The molecule has 1 atom stereocenters. The summed E-state index contributed by atoms with van der Waals surface area (Å²) in [4.78, 5) is 41.4. The standard InChI is InChI=1S/C31H40N6O5S/c1-5-18-37(23-27(29(39)42-31(2,3)4)34-43(40,41)26-10-7-6-8-11-26)28(38)24-12-14-25(15-13-24)35-19-21-36(22-20-35)30-32-16-9-17-33-30/h6-17,27,34H,5,18-23H2,1-4H3/t27-/m0/s1. The van der Waals surface area contributed by atoms with Gasteiger partial charge in [-0.2, -0.15) is 4.72 Å². The molecule has 1 aliphatic rings. The number of anilines is 2. The zero-order chi connectivity index (χ0) is 31.0. The zero-order valence-electron chi connectivity index (χ0n) is 25.1. The lowest BCUT2D eigenvalue weighted by Crippen LogP contribution is -2.51. The Morgan fingerprint density at radius 3 is 2.12 bits per heavy atom. The fourth-order valence-corrected chi connectivity index (χ4v) is 5.97. The second-order valence-electron chi connectivity index (χ2n) is 11.3. The maximum Gasteiger partial charge on any atom is 0.326 e. The molecule has 0 radical (unpaired) electrons. The van der Waals surface area contributed by atoms with Gasteiger partial charge in [0.05, 0.1) is 4.90 Å². The maximum atomic E-state index is 13.7. The van der Waals surface area contributed by atoms with Gasteiger partial charge in [-0.05, 0) is 69.7 Å². The van der Waals surface area contributed by atoms with E-state index >= 15 is 0 Å². The summed E-state index contributed by atoms with van der Waals surface area (Å²) >= 11 is 0. The quantitative estimate of drug-likeness (QED) is 0.326. The number of esters is 1. The van der Waals surface area contributed by atoms with E-state index in [1.54, 1.807) is 69.6 Å². The topological polar surface area (TPSA) is 125 Å². The number of hydrogen-bond acceptors (Lipinski definition) is 9. The average molecular weight is 609 g/mol. The summed E-state index contributed by atoms with van der Waals surface area (Å²) < 4.78 is 34.3. The predicted molar refractivity (Wildman–Crippen MR) is 165 cm³/mol. The van der Waals surface area contributed by atoms with Crippen molar-refractivity contribution in [2.45, 2.75) is 50.7 Å². The van der Waals surface area contributed by atoms with E-state index in [4.69, 9.17) is 4.74 Å². The van der Waals surface area contributed by atoms with E-state index in [-0.39, 0.29) is 17.3 Å². The van der Waals surface area contributed by atoms with E-state index in [0.29, 0.717) is 18.5 Å². The molecule has 4 rings (SSSR count). The molecular weight excluding hydrogens is 568 g/mol. The highest BCUT2D eigenvalue weighted by atomic mass is 32.2. The molecule has 0 unspecified atom stereocenters. The summed E-state index contributed by atoms with van der Waals surface area (Å²) in [5.41, 5.74) is 0.597. The van der Waals surface area contributed by atoms with Gasteiger partial charge in [-0.25, -0.2) is 18.4 Å². The van der Waals surface area contributed by atoms with Crippen LogP contribution in [0.1, 0.15) is 44.5 Å². The maximum absolute atomic E-state index is 13.7. The van der Waals surface area contributed by atoms with E-state index < -0.39 is 27.6 Å². The molecule has 0 aliphatic carbocycles. The van der Waals surface area contributed by atoms with Crippen LogP contribution in [-0.4, -0.2) is 86.1 Å². The molecule has 1 aliphatic heterocycles. The Morgan fingerprint density at radius 1 is 0.930 bits per heavy atom. The molecule has 1 amide bonds. The van der Waals surface area contributed by atoms with E-state index in [0.717, 1.165) is 37.8 Å². The van der Waals surface area contributed by atoms with Crippen molar-refractivity contribution in [2.24, 2.45) is 0 Å². The minimum atomic E-state index is -4.06. The second kappa shape index (κ2) is 14.0. The molecule has 3 aromatic rings. The molecule has 1 N–H and O–H groups in total. The normalized spacial score (nSPS) is 14.7. The summed E-state index contributed by atoms with van der Waals surface area (Å²) in [5.74, 6) is -0.335. The van der Waals surface area contributed by atoms with Gasteiger partial charge in [-0.3, -0.25) is 9.59 Å². The van der Waals surface area contributed by atoms with Crippen LogP contribution in [0.4, 0.5) is 11.6 Å². The first-order valence-corrected chi connectivity index (χ1v) is 15.9. The van der Waals surface area contributed by atoms with Crippen molar-refractivity contribution < 1.29 is 22.7 Å². The van der Waals surface area contributed by atoms with Gasteiger partial charge in [0.25, 0.3) is 5.91 Å². The molecule has 230 valence electrons. The van der Waals surface area contributed by atoms with Crippen LogP contribution < -0.4 is 14.5 Å². The van der Waals surface area contributed by atoms with Gasteiger partial charge in [-0.1, -0.05) is 25.1 Å². The number of aromatic nitrogens is 2. The molecular formula is C31H40N6O5S. The average Bonchev–Trinajstić information content (AvgIpc) is 3.00. The summed E-state index contributed by atoms with van der Waals surface area (Å²) in [6.45, 7) is 10.3. The second-order valence-corrected chi connectivity index (χ2v) is 13.1. The lowest BCUT2D eigenvalue weighted by Gasteiger charge is -2.36. The Balaban J connectivity index is 1.47. The smallest absolute Gasteiger partial charge is 0.326 e. The van der Waals surface area contributed by atoms with Crippen molar-refractivity contribution in [3.63, 3.8) is 0 Å². The van der Waals surface area contributed by atoms with Crippen LogP contribution in [0.15, 0.2) is 78.0 Å². The number of carbonyl (C=O) groups is 2. The molecule has 12 heteroatoms. The largest absolute Gasteiger partial charge is 0.459 e. The SMILES string of the molecule is CCCN(C[C@H](NS(=O)(=O)c1ccccc1)C(=O)OC(C)(C)C)C(=O)c1ccc(N2CCN(c3ncccn3)CC2)cc1. The van der Waals surface area contributed by atoms with Crippen molar-refractivity contribution in [3.05, 3.63) is 78.6 Å². The molecule has 1 aromatic heterocycles. The third kappa shape index (κ3) is 8.74. The first kappa shape index (κ1) is 31.9. The summed E-state index contributed by atoms with van der Waals surface area (Å²) in [5, 5.41) is 0. The molecule has 0 saturated carbocycles. The van der Waals surface area contributed by atoms with Crippen LogP contribution in [-0.2, 0) is 19.6 Å². The van der Waals surface area contributed by atoms with Gasteiger partial charge in [-0.15, -0.1) is 0 Å². The minimum Gasteiger partial charge on any atom is -0.459 e. The first-order valence-electron chi connectivity index (χ1n) is 14.4. The van der Waals surface area contributed by atoms with Gasteiger partial charge in [0.1, 0.15) is 11.6 Å². The molecule has 1 saturated heterocycles. The molecule has 11 nitrogen and oxygen atoms in total. The number of hydrogen-bond donors (Lipinski definition) is 1. The van der Waals surface area contributed by atoms with E-state index in [1.165, 1.54) is 17.0 Å². The van der Waals surface area contributed by atoms with Gasteiger partial charge in [0, 0.05) is 62.9 Å². The Morgan fingerprint density at radius 2 is 1.53 bits per heavy atom. The fourth-order valence-electron chi connectivity index (χ4n) is 4.77. The van der Waals surface area contributed by atoms with Crippen LogP contribution in [0.2, 0.25) is 0 Å². The van der Waals surface area contributed by atoms with Crippen LogP contribution in [0.25, 0.3) is 0 Å². The monoisotopic (exact) mass is 608 g/mol. The third-order valence-electron chi connectivity index (χ3n) is 6.82. The summed E-state index contributed by atoms with van der Waals surface area (Å²) in [7, 11) is -4.06.